The summed E-state index contributed by atoms with van der Waals surface area (Å²) in [6.07, 6.45) is -1.13. The van der Waals surface area contributed by atoms with E-state index in [1.165, 1.54) is 0 Å². The molecule has 0 aromatic heterocycles. The van der Waals surface area contributed by atoms with Crippen LogP contribution < -0.4 is 5.73 Å². The van der Waals surface area contributed by atoms with Gasteiger partial charge in [0.05, 0.1) is 11.1 Å². The van der Waals surface area contributed by atoms with Crippen LogP contribution in [0.4, 0.5) is 8.78 Å². The fourth-order valence-electron chi connectivity index (χ4n) is 1.08. The van der Waals surface area contributed by atoms with Crippen LogP contribution in [0.15, 0.2) is 12.1 Å². The van der Waals surface area contributed by atoms with Crippen molar-refractivity contribution in [2.75, 3.05) is 6.54 Å². The third-order valence-electron chi connectivity index (χ3n) is 1.85. The summed E-state index contributed by atoms with van der Waals surface area (Å²) >= 11 is 5.46. The fourth-order valence-corrected chi connectivity index (χ4v) is 1.25. The van der Waals surface area contributed by atoms with Crippen molar-refractivity contribution >= 4 is 11.6 Å². The first kappa shape index (κ1) is 11.4. The Bertz CT molecular complexity index is 333. The zero-order valence-corrected chi connectivity index (χ0v) is 8.06. The van der Waals surface area contributed by atoms with E-state index in [0.29, 0.717) is 0 Å². The number of aliphatic hydroxyl groups excluding tert-OH is 1. The predicted molar refractivity (Wildman–Crippen MR) is 50.1 cm³/mol. The van der Waals surface area contributed by atoms with Gasteiger partial charge < -0.3 is 10.8 Å². The molecule has 0 aliphatic rings. The highest BCUT2D eigenvalue weighted by Crippen LogP contribution is 2.22. The summed E-state index contributed by atoms with van der Waals surface area (Å²) in [6, 6.07) is 2.19. The Morgan fingerprint density at radius 3 is 2.64 bits per heavy atom. The lowest BCUT2D eigenvalue weighted by atomic mass is 10.1. The van der Waals surface area contributed by atoms with Crippen LogP contribution in [0.3, 0.4) is 0 Å². The fraction of sp³-hybridized carbons (Fsp3) is 0.333. The van der Waals surface area contributed by atoms with E-state index in [2.05, 4.69) is 0 Å². The highest BCUT2D eigenvalue weighted by atomic mass is 35.5. The molecule has 1 unspecified atom stereocenters. The normalized spacial score (nSPS) is 12.9. The van der Waals surface area contributed by atoms with E-state index in [1.54, 1.807) is 0 Å². The van der Waals surface area contributed by atoms with Crippen molar-refractivity contribution < 1.29 is 13.9 Å². The van der Waals surface area contributed by atoms with Crippen molar-refractivity contribution in [3.05, 3.63) is 34.4 Å². The van der Waals surface area contributed by atoms with Gasteiger partial charge in [-0.1, -0.05) is 11.6 Å². The summed E-state index contributed by atoms with van der Waals surface area (Å²) in [5, 5.41) is 8.99. The first-order valence-corrected chi connectivity index (χ1v) is 4.44. The SMILES string of the molecule is NCC(O)Cc1c(F)ccc(Cl)c1F. The van der Waals surface area contributed by atoms with Crippen molar-refractivity contribution in [1.29, 1.82) is 0 Å². The summed E-state index contributed by atoms with van der Waals surface area (Å²) in [4.78, 5) is 0. The monoisotopic (exact) mass is 221 g/mol. The lowest BCUT2D eigenvalue weighted by Crippen LogP contribution is -2.23. The highest BCUT2D eigenvalue weighted by molar-refractivity contribution is 6.30. The Morgan fingerprint density at radius 2 is 2.07 bits per heavy atom. The Morgan fingerprint density at radius 1 is 1.43 bits per heavy atom. The van der Waals surface area contributed by atoms with E-state index in [1.807, 2.05) is 0 Å². The average molecular weight is 222 g/mol. The second-order valence-corrected chi connectivity index (χ2v) is 3.32. The number of aliphatic hydroxyl groups is 1. The molecule has 1 atom stereocenters. The maximum Gasteiger partial charge on any atom is 0.147 e. The molecule has 3 N–H and O–H groups in total. The van der Waals surface area contributed by atoms with Gasteiger partial charge >= 0.3 is 0 Å². The Labute approximate surface area is 85.3 Å². The molecule has 78 valence electrons. The Balaban J connectivity index is 3.00. The summed E-state index contributed by atoms with van der Waals surface area (Å²) in [5.41, 5.74) is 4.90. The molecule has 1 aromatic rings. The van der Waals surface area contributed by atoms with E-state index in [-0.39, 0.29) is 23.6 Å². The van der Waals surface area contributed by atoms with Gasteiger partial charge in [0, 0.05) is 18.5 Å². The molecule has 0 saturated carbocycles. The summed E-state index contributed by atoms with van der Waals surface area (Å²) in [5.74, 6) is -1.56. The highest BCUT2D eigenvalue weighted by Gasteiger charge is 2.15. The van der Waals surface area contributed by atoms with E-state index in [9.17, 15) is 8.78 Å². The van der Waals surface area contributed by atoms with Crippen molar-refractivity contribution in [3.63, 3.8) is 0 Å². The van der Waals surface area contributed by atoms with Crippen molar-refractivity contribution in [3.8, 4) is 0 Å². The van der Waals surface area contributed by atoms with Gasteiger partial charge in [-0.3, -0.25) is 0 Å². The zero-order chi connectivity index (χ0) is 10.7. The van der Waals surface area contributed by atoms with Gasteiger partial charge in [0.1, 0.15) is 11.6 Å². The van der Waals surface area contributed by atoms with Crippen LogP contribution in [0.1, 0.15) is 5.56 Å². The van der Waals surface area contributed by atoms with Gasteiger partial charge in [-0.05, 0) is 12.1 Å². The molecule has 0 amide bonds. The van der Waals surface area contributed by atoms with Gasteiger partial charge in [0.25, 0.3) is 0 Å². The molecule has 0 saturated heterocycles. The molecule has 2 nitrogen and oxygen atoms in total. The van der Waals surface area contributed by atoms with Gasteiger partial charge in [0.15, 0.2) is 0 Å². The molecule has 5 heteroatoms. The largest absolute Gasteiger partial charge is 0.391 e. The second-order valence-electron chi connectivity index (χ2n) is 2.92. The zero-order valence-electron chi connectivity index (χ0n) is 7.30. The van der Waals surface area contributed by atoms with Crippen molar-refractivity contribution in [2.45, 2.75) is 12.5 Å². The average Bonchev–Trinajstić information content (AvgIpc) is 2.18. The number of rotatable bonds is 3. The molecule has 0 spiro atoms. The smallest absolute Gasteiger partial charge is 0.147 e. The topological polar surface area (TPSA) is 46.2 Å². The minimum Gasteiger partial charge on any atom is -0.391 e. The van der Waals surface area contributed by atoms with Crippen LogP contribution in [0.25, 0.3) is 0 Å². The van der Waals surface area contributed by atoms with Gasteiger partial charge in [-0.15, -0.1) is 0 Å². The lowest BCUT2D eigenvalue weighted by Gasteiger charge is -2.10. The molecule has 0 fully saturated rings. The number of hydrogen-bond donors (Lipinski definition) is 2. The minimum atomic E-state index is -0.961. The molecule has 14 heavy (non-hydrogen) atoms. The van der Waals surface area contributed by atoms with Crippen molar-refractivity contribution in [2.24, 2.45) is 5.73 Å². The number of nitrogens with two attached hydrogens (primary N) is 1. The third-order valence-corrected chi connectivity index (χ3v) is 2.14. The van der Waals surface area contributed by atoms with Crippen LogP contribution in [0.5, 0.6) is 0 Å². The number of benzene rings is 1. The maximum absolute atomic E-state index is 13.2. The van der Waals surface area contributed by atoms with Crippen LogP contribution >= 0.6 is 11.6 Å². The van der Waals surface area contributed by atoms with Crippen LogP contribution in [0, 0.1) is 11.6 Å². The summed E-state index contributed by atoms with van der Waals surface area (Å²) < 4.78 is 26.3. The van der Waals surface area contributed by atoms with E-state index in [0.717, 1.165) is 12.1 Å². The molecule has 0 aliphatic carbocycles. The Kier molecular flexibility index (Phi) is 3.80. The first-order chi connectivity index (χ1) is 6.56. The maximum atomic E-state index is 13.2. The number of halogens is 3. The standard InChI is InChI=1S/C9H10ClF2NO/c10-7-1-2-8(11)6(9(7)12)3-5(14)4-13/h1-2,5,14H,3-4,13H2. The van der Waals surface area contributed by atoms with Crippen molar-refractivity contribution in [1.82, 2.24) is 0 Å². The predicted octanol–water partition coefficient (Wildman–Crippen LogP) is 1.48. The van der Waals surface area contributed by atoms with Gasteiger partial charge in [0.2, 0.25) is 0 Å². The van der Waals surface area contributed by atoms with E-state index >= 15 is 0 Å². The lowest BCUT2D eigenvalue weighted by molar-refractivity contribution is 0.180. The van der Waals surface area contributed by atoms with Crippen LogP contribution in [0.2, 0.25) is 5.02 Å². The molecule has 1 rings (SSSR count). The molecule has 0 heterocycles. The van der Waals surface area contributed by atoms with Gasteiger partial charge in [-0.2, -0.15) is 0 Å². The quantitative estimate of drug-likeness (QED) is 0.760. The molecule has 0 bridgehead atoms. The summed E-state index contributed by atoms with van der Waals surface area (Å²) in [6.45, 7) is -0.0502. The van der Waals surface area contributed by atoms with E-state index < -0.39 is 17.7 Å². The summed E-state index contributed by atoms with van der Waals surface area (Å²) in [7, 11) is 0. The van der Waals surface area contributed by atoms with Crippen LogP contribution in [-0.2, 0) is 6.42 Å². The third kappa shape index (κ3) is 2.41. The van der Waals surface area contributed by atoms with E-state index in [4.69, 9.17) is 22.4 Å². The minimum absolute atomic E-state index is 0.0502. The second kappa shape index (κ2) is 4.68. The van der Waals surface area contributed by atoms with Gasteiger partial charge in [-0.25, -0.2) is 8.78 Å². The molecular formula is C9H10ClF2NO. The van der Waals surface area contributed by atoms with Crippen LogP contribution in [-0.4, -0.2) is 17.8 Å². The first-order valence-electron chi connectivity index (χ1n) is 4.06. The Hall–Kier alpha value is -0.710. The molecule has 0 radical (unpaired) electrons. The molecule has 1 aromatic carbocycles. The molecular weight excluding hydrogens is 212 g/mol. The number of hydrogen-bond acceptors (Lipinski definition) is 2. The molecule has 0 aliphatic heterocycles.